The van der Waals surface area contributed by atoms with Crippen LogP contribution in [0.5, 0.6) is 0 Å². The first kappa shape index (κ1) is 18.3. The first-order valence-electron chi connectivity index (χ1n) is 8.49. The summed E-state index contributed by atoms with van der Waals surface area (Å²) in [7, 11) is 0. The van der Waals surface area contributed by atoms with Gasteiger partial charge in [0.05, 0.1) is 16.6 Å². The Morgan fingerprint density at radius 3 is 2.38 bits per heavy atom. The molecule has 2 N–H and O–H groups in total. The van der Waals surface area contributed by atoms with Crippen LogP contribution in [0.3, 0.4) is 0 Å². The molecule has 0 saturated carbocycles. The fourth-order valence-corrected chi connectivity index (χ4v) is 2.82. The van der Waals surface area contributed by atoms with Crippen LogP contribution < -0.4 is 11.0 Å². The summed E-state index contributed by atoms with van der Waals surface area (Å²) in [5.74, 6) is -0.206. The highest BCUT2D eigenvalue weighted by Crippen LogP contribution is 2.19. The zero-order valence-electron chi connectivity index (χ0n) is 14.9. The van der Waals surface area contributed by atoms with E-state index in [1.807, 2.05) is 45.0 Å². The van der Waals surface area contributed by atoms with Gasteiger partial charge in [0.15, 0.2) is 0 Å². The molecule has 2 aromatic rings. The molecule has 6 nitrogen and oxygen atoms in total. The second kappa shape index (κ2) is 7.21. The van der Waals surface area contributed by atoms with Gasteiger partial charge >= 0.3 is 5.69 Å². The molecule has 0 fully saturated rings. The van der Waals surface area contributed by atoms with E-state index in [0.717, 1.165) is 17.5 Å². The zero-order valence-corrected chi connectivity index (χ0v) is 14.9. The van der Waals surface area contributed by atoms with Gasteiger partial charge in [-0.25, -0.2) is 4.79 Å². The topological polar surface area (TPSA) is 76.3 Å². The Labute approximate surface area is 142 Å². The SMILES string of the molecule is CCC(C)C(C)(O)CNC(=O)Cn1c(=O)n(CC)c2ccccc21. The Bertz CT molecular complexity index is 773. The molecular weight excluding hydrogens is 306 g/mol. The number of amides is 1. The highest BCUT2D eigenvalue weighted by Gasteiger charge is 2.27. The van der Waals surface area contributed by atoms with E-state index in [1.54, 1.807) is 11.5 Å². The van der Waals surface area contributed by atoms with Gasteiger partial charge in [-0.3, -0.25) is 13.9 Å². The molecule has 0 bridgehead atoms. The maximum atomic E-state index is 12.5. The maximum absolute atomic E-state index is 12.5. The number of nitrogens with zero attached hydrogens (tertiary/aromatic N) is 2. The average Bonchev–Trinajstić information content (AvgIpc) is 2.84. The molecule has 2 unspecified atom stereocenters. The van der Waals surface area contributed by atoms with Crippen molar-refractivity contribution in [3.05, 3.63) is 34.7 Å². The van der Waals surface area contributed by atoms with E-state index in [9.17, 15) is 14.7 Å². The summed E-state index contributed by atoms with van der Waals surface area (Å²) in [6.07, 6.45) is 0.826. The Balaban J connectivity index is 2.17. The van der Waals surface area contributed by atoms with Crippen LogP contribution in [0, 0.1) is 5.92 Å². The van der Waals surface area contributed by atoms with Crippen LogP contribution >= 0.6 is 0 Å². The van der Waals surface area contributed by atoms with Crippen molar-refractivity contribution in [1.82, 2.24) is 14.5 Å². The third-order valence-corrected chi connectivity index (χ3v) is 4.86. The number of rotatable bonds is 7. The highest BCUT2D eigenvalue weighted by atomic mass is 16.3. The number of benzene rings is 1. The standard InChI is InChI=1S/C18H27N3O3/c1-5-13(3)18(4,24)12-19-16(22)11-21-15-10-8-7-9-14(15)20(6-2)17(21)23/h7-10,13,24H,5-6,11-12H2,1-4H3,(H,19,22). The molecule has 2 atom stereocenters. The van der Waals surface area contributed by atoms with Crippen LogP contribution in [0.15, 0.2) is 29.1 Å². The van der Waals surface area contributed by atoms with E-state index in [-0.39, 0.29) is 30.6 Å². The van der Waals surface area contributed by atoms with Gasteiger partial charge in [0.1, 0.15) is 6.54 Å². The van der Waals surface area contributed by atoms with Gasteiger partial charge in [0.25, 0.3) is 0 Å². The largest absolute Gasteiger partial charge is 0.388 e. The fraction of sp³-hybridized carbons (Fsp3) is 0.556. The average molecular weight is 333 g/mol. The van der Waals surface area contributed by atoms with Gasteiger partial charge in [-0.2, -0.15) is 0 Å². The van der Waals surface area contributed by atoms with E-state index >= 15 is 0 Å². The number of imidazole rings is 1. The number of hydrogen-bond donors (Lipinski definition) is 2. The van der Waals surface area contributed by atoms with Crippen molar-refractivity contribution in [2.75, 3.05) is 6.54 Å². The van der Waals surface area contributed by atoms with Crippen LogP contribution in [-0.2, 0) is 17.9 Å². The number of aromatic nitrogens is 2. The summed E-state index contributed by atoms with van der Waals surface area (Å²) in [5.41, 5.74) is 0.410. The minimum atomic E-state index is -0.965. The second-order valence-electron chi connectivity index (χ2n) is 6.54. The lowest BCUT2D eigenvalue weighted by atomic mass is 9.89. The molecule has 1 amide bonds. The predicted molar refractivity (Wildman–Crippen MR) is 95.0 cm³/mol. The van der Waals surface area contributed by atoms with E-state index < -0.39 is 5.60 Å². The van der Waals surface area contributed by atoms with Crippen molar-refractivity contribution in [2.24, 2.45) is 5.92 Å². The summed E-state index contributed by atoms with van der Waals surface area (Å²) in [6, 6.07) is 7.44. The molecule has 2 rings (SSSR count). The molecule has 0 aliphatic carbocycles. The Morgan fingerprint density at radius 1 is 1.25 bits per heavy atom. The van der Waals surface area contributed by atoms with Crippen molar-refractivity contribution in [1.29, 1.82) is 0 Å². The van der Waals surface area contributed by atoms with Crippen molar-refractivity contribution in [2.45, 2.75) is 52.8 Å². The molecule has 1 heterocycles. The quantitative estimate of drug-likeness (QED) is 0.810. The fourth-order valence-electron chi connectivity index (χ4n) is 2.82. The minimum absolute atomic E-state index is 0.0526. The number of nitrogens with one attached hydrogen (secondary N) is 1. The molecule has 24 heavy (non-hydrogen) atoms. The molecule has 132 valence electrons. The van der Waals surface area contributed by atoms with Crippen LogP contribution in [0.25, 0.3) is 11.0 Å². The molecule has 1 aromatic heterocycles. The lowest BCUT2D eigenvalue weighted by Crippen LogP contribution is -2.46. The Kier molecular flexibility index (Phi) is 5.49. The van der Waals surface area contributed by atoms with Crippen LogP contribution in [0.2, 0.25) is 0 Å². The molecule has 0 saturated heterocycles. The molecule has 0 spiro atoms. The van der Waals surface area contributed by atoms with E-state index in [1.165, 1.54) is 4.57 Å². The monoisotopic (exact) mass is 333 g/mol. The zero-order chi connectivity index (χ0) is 17.9. The molecular formula is C18H27N3O3. The summed E-state index contributed by atoms with van der Waals surface area (Å²) in [5, 5.41) is 13.1. The van der Waals surface area contributed by atoms with Gasteiger partial charge in [-0.15, -0.1) is 0 Å². The van der Waals surface area contributed by atoms with Gasteiger partial charge in [0.2, 0.25) is 5.91 Å². The Morgan fingerprint density at radius 2 is 1.83 bits per heavy atom. The van der Waals surface area contributed by atoms with Crippen LogP contribution in [-0.4, -0.2) is 32.3 Å². The van der Waals surface area contributed by atoms with Gasteiger partial charge in [-0.05, 0) is 31.9 Å². The lowest BCUT2D eigenvalue weighted by molar-refractivity contribution is -0.123. The molecule has 1 aromatic carbocycles. The maximum Gasteiger partial charge on any atom is 0.329 e. The highest BCUT2D eigenvalue weighted by molar-refractivity contribution is 5.81. The van der Waals surface area contributed by atoms with Crippen molar-refractivity contribution >= 4 is 16.9 Å². The van der Waals surface area contributed by atoms with Gasteiger partial charge in [-0.1, -0.05) is 32.4 Å². The summed E-state index contributed by atoms with van der Waals surface area (Å²) >= 11 is 0. The number of para-hydroxylation sites is 2. The number of hydrogen-bond acceptors (Lipinski definition) is 3. The molecule has 0 radical (unpaired) electrons. The summed E-state index contributed by atoms with van der Waals surface area (Å²) in [6.45, 7) is 8.24. The van der Waals surface area contributed by atoms with Crippen LogP contribution in [0.4, 0.5) is 0 Å². The van der Waals surface area contributed by atoms with Crippen molar-refractivity contribution < 1.29 is 9.90 Å². The molecule has 6 heteroatoms. The van der Waals surface area contributed by atoms with Crippen molar-refractivity contribution in [3.8, 4) is 0 Å². The van der Waals surface area contributed by atoms with E-state index in [4.69, 9.17) is 0 Å². The number of aryl methyl sites for hydroxylation is 1. The van der Waals surface area contributed by atoms with E-state index in [0.29, 0.717) is 6.54 Å². The Hall–Kier alpha value is -2.08. The number of carbonyl (C=O) groups excluding carboxylic acids is 1. The summed E-state index contributed by atoms with van der Waals surface area (Å²) in [4.78, 5) is 24.8. The summed E-state index contributed by atoms with van der Waals surface area (Å²) < 4.78 is 3.13. The lowest BCUT2D eigenvalue weighted by Gasteiger charge is -2.29. The second-order valence-corrected chi connectivity index (χ2v) is 6.54. The van der Waals surface area contributed by atoms with Gasteiger partial charge in [0, 0.05) is 13.1 Å². The number of fused-ring (bicyclic) bond motifs is 1. The number of aliphatic hydroxyl groups is 1. The first-order chi connectivity index (χ1) is 11.3. The third-order valence-electron chi connectivity index (χ3n) is 4.86. The van der Waals surface area contributed by atoms with Crippen molar-refractivity contribution in [3.63, 3.8) is 0 Å². The van der Waals surface area contributed by atoms with Crippen LogP contribution in [0.1, 0.15) is 34.1 Å². The van der Waals surface area contributed by atoms with E-state index in [2.05, 4.69) is 5.32 Å². The normalized spacial score (nSPS) is 15.2. The number of carbonyl (C=O) groups is 1. The third kappa shape index (κ3) is 3.53. The minimum Gasteiger partial charge on any atom is -0.388 e. The van der Waals surface area contributed by atoms with Gasteiger partial charge < -0.3 is 10.4 Å². The predicted octanol–water partition coefficient (Wildman–Crippen LogP) is 1.74. The first-order valence-corrected chi connectivity index (χ1v) is 8.49. The molecule has 0 aliphatic rings. The smallest absolute Gasteiger partial charge is 0.329 e. The molecule has 0 aliphatic heterocycles.